The van der Waals surface area contributed by atoms with Crippen LogP contribution in [0.5, 0.6) is 0 Å². The van der Waals surface area contributed by atoms with E-state index in [-0.39, 0.29) is 11.8 Å². The van der Waals surface area contributed by atoms with Crippen LogP contribution in [0.15, 0.2) is 91.2 Å². The van der Waals surface area contributed by atoms with E-state index in [2.05, 4.69) is 51.9 Å². The molecule has 0 bridgehead atoms. The standard InChI is InChI=1S/C26H24Br2N6O2/c1-17-23(25(35)33(29-17)21-7-3-19(27)4-8-21)15-31-11-13-32(14-12-31)16-24-18(2)30-34(26(24)36)22-9-5-20(28)6-10-22/h3-10,15-16H,11-14H2,1-2H3/b23-15+,24-16+. The topological polar surface area (TPSA) is 71.8 Å². The lowest BCUT2D eigenvalue weighted by Crippen LogP contribution is -2.42. The quantitative estimate of drug-likeness (QED) is 0.468. The van der Waals surface area contributed by atoms with E-state index in [9.17, 15) is 9.59 Å². The number of carbonyl (C=O) groups excluding carboxylic acids is 2. The first-order chi connectivity index (χ1) is 17.3. The second-order valence-electron chi connectivity index (χ2n) is 8.72. The number of carbonyl (C=O) groups is 2. The van der Waals surface area contributed by atoms with E-state index in [0.29, 0.717) is 22.6 Å². The van der Waals surface area contributed by atoms with Gasteiger partial charge in [-0.3, -0.25) is 9.59 Å². The molecule has 3 aliphatic rings. The van der Waals surface area contributed by atoms with Crippen LogP contribution >= 0.6 is 31.9 Å². The molecule has 184 valence electrons. The Morgan fingerprint density at radius 2 is 0.972 bits per heavy atom. The van der Waals surface area contributed by atoms with E-state index < -0.39 is 0 Å². The van der Waals surface area contributed by atoms with Gasteiger partial charge in [-0.05, 0) is 62.4 Å². The highest BCUT2D eigenvalue weighted by atomic mass is 79.9. The van der Waals surface area contributed by atoms with Crippen molar-refractivity contribution in [2.75, 3.05) is 36.2 Å². The highest BCUT2D eigenvalue weighted by Crippen LogP contribution is 2.27. The molecule has 3 aliphatic heterocycles. The molecule has 1 saturated heterocycles. The van der Waals surface area contributed by atoms with Gasteiger partial charge in [-0.25, -0.2) is 0 Å². The van der Waals surface area contributed by atoms with Crippen molar-refractivity contribution in [2.45, 2.75) is 13.8 Å². The molecule has 36 heavy (non-hydrogen) atoms. The zero-order valence-corrected chi connectivity index (χ0v) is 23.0. The lowest BCUT2D eigenvalue weighted by molar-refractivity contribution is -0.115. The van der Waals surface area contributed by atoms with Crippen LogP contribution in [0.3, 0.4) is 0 Å². The lowest BCUT2D eigenvalue weighted by Gasteiger charge is -2.34. The highest BCUT2D eigenvalue weighted by molar-refractivity contribution is 9.10. The van der Waals surface area contributed by atoms with Crippen LogP contribution in [-0.2, 0) is 9.59 Å². The van der Waals surface area contributed by atoms with Crippen LogP contribution < -0.4 is 10.0 Å². The molecule has 2 aromatic carbocycles. The molecule has 0 atom stereocenters. The Labute approximate surface area is 226 Å². The predicted molar refractivity (Wildman–Crippen MR) is 149 cm³/mol. The van der Waals surface area contributed by atoms with Crippen molar-refractivity contribution in [1.82, 2.24) is 9.80 Å². The molecule has 0 N–H and O–H groups in total. The molecular weight excluding hydrogens is 588 g/mol. The molecule has 2 aromatic rings. The Morgan fingerprint density at radius 1 is 0.639 bits per heavy atom. The smallest absolute Gasteiger partial charge is 0.282 e. The van der Waals surface area contributed by atoms with Crippen LogP contribution in [0.4, 0.5) is 11.4 Å². The molecule has 0 unspecified atom stereocenters. The average molecular weight is 612 g/mol. The number of hydrogen-bond donors (Lipinski definition) is 0. The third-order valence-corrected chi connectivity index (χ3v) is 7.30. The Kier molecular flexibility index (Phi) is 6.81. The molecule has 0 spiro atoms. The van der Waals surface area contributed by atoms with E-state index >= 15 is 0 Å². The summed E-state index contributed by atoms with van der Waals surface area (Å²) in [5, 5.41) is 11.8. The monoisotopic (exact) mass is 610 g/mol. The molecule has 2 amide bonds. The summed E-state index contributed by atoms with van der Waals surface area (Å²) in [6.07, 6.45) is 3.82. The van der Waals surface area contributed by atoms with E-state index in [0.717, 1.165) is 46.5 Å². The Morgan fingerprint density at radius 3 is 1.31 bits per heavy atom. The van der Waals surface area contributed by atoms with Gasteiger partial charge in [0.1, 0.15) is 0 Å². The summed E-state index contributed by atoms with van der Waals surface area (Å²) >= 11 is 6.84. The minimum atomic E-state index is -0.129. The minimum absolute atomic E-state index is 0.129. The third kappa shape index (κ3) is 4.87. The van der Waals surface area contributed by atoms with Gasteiger partial charge in [0.15, 0.2) is 0 Å². The third-order valence-electron chi connectivity index (χ3n) is 6.24. The van der Waals surface area contributed by atoms with Crippen LogP contribution in [0.1, 0.15) is 13.8 Å². The van der Waals surface area contributed by atoms with Crippen LogP contribution in [0, 0.1) is 0 Å². The van der Waals surface area contributed by atoms with Crippen LogP contribution in [0.2, 0.25) is 0 Å². The number of benzene rings is 2. The Balaban J connectivity index is 1.23. The first kappa shape index (κ1) is 24.5. The van der Waals surface area contributed by atoms with Gasteiger partial charge in [-0.15, -0.1) is 0 Å². The van der Waals surface area contributed by atoms with Crippen molar-refractivity contribution in [3.8, 4) is 0 Å². The lowest BCUT2D eigenvalue weighted by atomic mass is 10.1. The fraction of sp³-hybridized carbons (Fsp3) is 0.231. The zero-order chi connectivity index (χ0) is 25.4. The first-order valence-corrected chi connectivity index (χ1v) is 13.1. The number of nitrogens with zero attached hydrogens (tertiary/aromatic N) is 6. The van der Waals surface area contributed by atoms with Gasteiger partial charge in [0.25, 0.3) is 11.8 Å². The molecular formula is C26H24Br2N6O2. The Bertz CT molecular complexity index is 1220. The van der Waals surface area contributed by atoms with Crippen molar-refractivity contribution in [2.24, 2.45) is 10.2 Å². The molecule has 5 rings (SSSR count). The highest BCUT2D eigenvalue weighted by Gasteiger charge is 2.31. The summed E-state index contributed by atoms with van der Waals surface area (Å²) in [5.74, 6) is -0.258. The van der Waals surface area contributed by atoms with Gasteiger partial charge < -0.3 is 9.80 Å². The first-order valence-electron chi connectivity index (χ1n) is 11.5. The molecule has 3 heterocycles. The Hall–Kier alpha value is -3.24. The molecule has 0 radical (unpaired) electrons. The predicted octanol–water partition coefficient (Wildman–Crippen LogP) is 4.74. The number of hydrazone groups is 2. The van der Waals surface area contributed by atoms with Crippen molar-refractivity contribution in [3.05, 3.63) is 81.0 Å². The number of hydrogen-bond acceptors (Lipinski definition) is 6. The van der Waals surface area contributed by atoms with Gasteiger partial charge in [0.2, 0.25) is 0 Å². The van der Waals surface area contributed by atoms with Crippen LogP contribution in [0.25, 0.3) is 0 Å². The number of rotatable bonds is 4. The van der Waals surface area contributed by atoms with E-state index in [1.165, 1.54) is 10.0 Å². The molecule has 1 fully saturated rings. The van der Waals surface area contributed by atoms with Gasteiger partial charge in [0, 0.05) is 47.5 Å². The molecule has 10 heteroatoms. The van der Waals surface area contributed by atoms with Gasteiger partial charge >= 0.3 is 0 Å². The SMILES string of the molecule is CC1=NN(c2ccc(Br)cc2)C(=O)/C1=C/N1CCN(/C=C2/C(=O)N(c3ccc(Br)cc3)N=C2C)CC1. The number of anilines is 2. The fourth-order valence-corrected chi connectivity index (χ4v) is 4.74. The maximum Gasteiger partial charge on any atom is 0.282 e. The molecule has 0 aromatic heterocycles. The largest absolute Gasteiger partial charge is 0.373 e. The summed E-state index contributed by atoms with van der Waals surface area (Å²) in [7, 11) is 0. The molecule has 0 saturated carbocycles. The second kappa shape index (κ2) is 10.0. The summed E-state index contributed by atoms with van der Waals surface area (Å²) in [4.78, 5) is 30.3. The van der Waals surface area contributed by atoms with Crippen molar-refractivity contribution >= 4 is 66.5 Å². The van der Waals surface area contributed by atoms with Crippen molar-refractivity contribution in [1.29, 1.82) is 0 Å². The number of piperazine rings is 1. The van der Waals surface area contributed by atoms with E-state index in [1.54, 1.807) is 0 Å². The number of halogens is 2. The summed E-state index contributed by atoms with van der Waals surface area (Å²) in [5.41, 5.74) is 4.07. The van der Waals surface area contributed by atoms with Gasteiger partial charge in [-0.1, -0.05) is 31.9 Å². The molecule has 0 aliphatic carbocycles. The number of amides is 2. The van der Waals surface area contributed by atoms with Crippen LogP contribution in [-0.4, -0.2) is 59.2 Å². The van der Waals surface area contributed by atoms with Crippen molar-refractivity contribution in [3.63, 3.8) is 0 Å². The summed E-state index contributed by atoms with van der Waals surface area (Å²) in [6.45, 7) is 6.63. The van der Waals surface area contributed by atoms with Gasteiger partial charge in [-0.2, -0.15) is 20.2 Å². The molecule has 8 nitrogen and oxygen atoms in total. The average Bonchev–Trinajstić information content (AvgIpc) is 3.31. The second-order valence-corrected chi connectivity index (χ2v) is 10.5. The van der Waals surface area contributed by atoms with Gasteiger partial charge in [0.05, 0.1) is 33.9 Å². The summed E-state index contributed by atoms with van der Waals surface area (Å²) in [6, 6.07) is 15.0. The van der Waals surface area contributed by atoms with Crippen molar-refractivity contribution < 1.29 is 9.59 Å². The normalized spacial score (nSPS) is 20.7. The maximum atomic E-state index is 13.0. The summed E-state index contributed by atoms with van der Waals surface area (Å²) < 4.78 is 1.90. The minimum Gasteiger partial charge on any atom is -0.373 e. The zero-order valence-electron chi connectivity index (χ0n) is 19.9. The van der Waals surface area contributed by atoms with E-state index in [1.807, 2.05) is 74.8 Å². The van der Waals surface area contributed by atoms with E-state index in [4.69, 9.17) is 0 Å². The maximum absolute atomic E-state index is 13.0. The fourth-order valence-electron chi connectivity index (χ4n) is 4.21.